The van der Waals surface area contributed by atoms with Crippen LogP contribution in [-0.2, 0) is 0 Å². The molecule has 0 radical (unpaired) electrons. The molecule has 0 aromatic heterocycles. The van der Waals surface area contributed by atoms with Crippen LogP contribution in [0.1, 0.15) is 0 Å². The molecule has 0 saturated heterocycles. The summed E-state index contributed by atoms with van der Waals surface area (Å²) in [7, 11) is -9.17. The van der Waals surface area contributed by atoms with E-state index in [9.17, 15) is 0 Å². The van der Waals surface area contributed by atoms with Gasteiger partial charge in [-0.05, 0) is 0 Å². The van der Waals surface area contributed by atoms with Crippen LogP contribution in [0.3, 0.4) is 0 Å². The Morgan fingerprint density at radius 2 is 0.444 bits per heavy atom. The molecule has 0 bridgehead atoms. The Hall–Kier alpha value is 1.78. The van der Waals surface area contributed by atoms with Crippen molar-refractivity contribution in [1.82, 2.24) is 0 Å². The summed E-state index contributed by atoms with van der Waals surface area (Å²) in [5, 5.41) is 88.5. The van der Waals surface area contributed by atoms with E-state index >= 15 is 0 Å². The van der Waals surface area contributed by atoms with E-state index in [2.05, 4.69) is 0 Å². The molecular formula is H10B4Na2O12. The van der Waals surface area contributed by atoms with Gasteiger partial charge >= 0.3 is 81.1 Å². The average molecular weight is 291 g/mol. The molecule has 0 heterocycles. The van der Waals surface area contributed by atoms with Gasteiger partial charge in [0.2, 0.25) is 0 Å². The van der Waals surface area contributed by atoms with Crippen molar-refractivity contribution in [2.24, 2.45) is 0 Å². The summed E-state index contributed by atoms with van der Waals surface area (Å²) in [6, 6.07) is 0. The van der Waals surface area contributed by atoms with Crippen LogP contribution in [0.15, 0.2) is 0 Å². The molecule has 96 valence electrons. The molecule has 0 spiro atoms. The number of hydrogen-bond donors (Lipinski definition) is 10. The van der Waals surface area contributed by atoms with E-state index in [1.165, 1.54) is 0 Å². The molecule has 10 N–H and O–H groups in total. The molecule has 0 aromatic carbocycles. The van der Waals surface area contributed by atoms with Crippen molar-refractivity contribution in [3.63, 3.8) is 0 Å². The smallest absolute Gasteiger partial charge is 0.871 e. The summed E-state index contributed by atoms with van der Waals surface area (Å²) in [6.45, 7) is 0. The second-order valence-electron chi connectivity index (χ2n) is 1.35. The topological polar surface area (TPSA) is 248 Å². The molecule has 0 fully saturated rings. The van der Waals surface area contributed by atoms with Crippen molar-refractivity contribution < 1.29 is 119 Å². The van der Waals surface area contributed by atoms with Gasteiger partial charge in [0.15, 0.2) is 0 Å². The van der Waals surface area contributed by atoms with E-state index in [1.54, 1.807) is 0 Å². The van der Waals surface area contributed by atoms with Gasteiger partial charge in [0, 0.05) is 0 Å². The monoisotopic (exact) mass is 292 g/mol. The fraction of sp³-hybridized carbons (Fsp3) is 0. The molecule has 18 heavy (non-hydrogen) atoms. The molecule has 0 unspecified atom stereocenters. The van der Waals surface area contributed by atoms with Gasteiger partial charge < -0.3 is 60.3 Å². The quantitative estimate of drug-likeness (QED) is 0.187. The Morgan fingerprint density at radius 1 is 0.444 bits per heavy atom. The minimum absolute atomic E-state index is 0. The SMILES string of the molecule is OB(O)O.OB(O)O.OB(O)O.[Na+].[Na+].[O-]B([O-])O. The normalized spacial score (nSPS) is 6.00. The van der Waals surface area contributed by atoms with Crippen molar-refractivity contribution in [3.8, 4) is 0 Å². The van der Waals surface area contributed by atoms with Crippen molar-refractivity contribution in [2.75, 3.05) is 0 Å². The standard InChI is InChI=1S/3BH3O3.BHO3.2Na/c4*2-1(3)4;;/h3*2-4H;2H;;/q;;;-2;2*+1. The molecule has 0 aliphatic rings. The van der Waals surface area contributed by atoms with E-state index < -0.39 is 29.3 Å². The van der Waals surface area contributed by atoms with Gasteiger partial charge in [0.1, 0.15) is 0 Å². The van der Waals surface area contributed by atoms with Crippen LogP contribution in [0, 0.1) is 0 Å². The molecule has 0 aliphatic heterocycles. The first-order valence-electron chi connectivity index (χ1n) is 3.05. The van der Waals surface area contributed by atoms with Gasteiger partial charge in [0.25, 0.3) is 0 Å². The van der Waals surface area contributed by atoms with Crippen LogP contribution in [-0.4, -0.2) is 79.5 Å². The van der Waals surface area contributed by atoms with Crippen molar-refractivity contribution >= 4 is 29.3 Å². The van der Waals surface area contributed by atoms with Gasteiger partial charge in [-0.3, -0.25) is 0 Å². The van der Waals surface area contributed by atoms with E-state index in [4.69, 9.17) is 60.3 Å². The molecule has 0 atom stereocenters. The molecule has 0 aliphatic carbocycles. The summed E-state index contributed by atoms with van der Waals surface area (Å²) in [5.74, 6) is 0. The van der Waals surface area contributed by atoms with Crippen molar-refractivity contribution in [3.05, 3.63) is 0 Å². The largest absolute Gasteiger partial charge is 1.00 e. The fourth-order valence-corrected chi connectivity index (χ4v) is 0. The predicted octanol–water partition coefficient (Wildman–Crippen LogP) is -15.5. The second kappa shape index (κ2) is 31.3. The maximum atomic E-state index is 8.53. The predicted molar refractivity (Wildman–Crippen MR) is 45.2 cm³/mol. The Balaban J connectivity index is -0.0000000257. The van der Waals surface area contributed by atoms with E-state index in [0.717, 1.165) is 0 Å². The van der Waals surface area contributed by atoms with Crippen LogP contribution < -0.4 is 69.2 Å². The Labute approximate surface area is 147 Å². The zero-order valence-electron chi connectivity index (χ0n) is 9.60. The van der Waals surface area contributed by atoms with Crippen molar-refractivity contribution in [2.45, 2.75) is 0 Å². The molecule has 0 amide bonds. The summed E-state index contributed by atoms with van der Waals surface area (Å²) >= 11 is 0. The third-order valence-electron chi connectivity index (χ3n) is 0. The van der Waals surface area contributed by atoms with E-state index in [-0.39, 0.29) is 59.1 Å². The maximum Gasteiger partial charge on any atom is 1.00 e. The third-order valence-corrected chi connectivity index (χ3v) is 0. The zero-order valence-corrected chi connectivity index (χ0v) is 13.6. The van der Waals surface area contributed by atoms with Crippen molar-refractivity contribution in [1.29, 1.82) is 0 Å². The summed E-state index contributed by atoms with van der Waals surface area (Å²) in [5.41, 5.74) is 0. The Bertz CT molecular complexity index is 65.1. The van der Waals surface area contributed by atoms with Gasteiger partial charge in [-0.1, -0.05) is 0 Å². The minimum atomic E-state index is -2.67. The number of hydrogen-bond acceptors (Lipinski definition) is 12. The third kappa shape index (κ3) is 1580. The van der Waals surface area contributed by atoms with E-state index in [1.807, 2.05) is 0 Å². The molecule has 12 nitrogen and oxygen atoms in total. The van der Waals surface area contributed by atoms with Gasteiger partial charge in [-0.2, -0.15) is 0 Å². The first-order chi connectivity index (χ1) is 6.93. The zero-order chi connectivity index (χ0) is 14.3. The van der Waals surface area contributed by atoms with Crippen LogP contribution >= 0.6 is 0 Å². The first kappa shape index (κ1) is 36.7. The van der Waals surface area contributed by atoms with Crippen LogP contribution in [0.4, 0.5) is 0 Å². The van der Waals surface area contributed by atoms with Crippen LogP contribution in [0.5, 0.6) is 0 Å². The average Bonchev–Trinajstić information content (AvgIpc) is 1.76. The summed E-state index contributed by atoms with van der Waals surface area (Å²) in [4.78, 5) is 0. The van der Waals surface area contributed by atoms with Gasteiger partial charge in [-0.15, -0.1) is 0 Å². The van der Waals surface area contributed by atoms with Gasteiger partial charge in [-0.25, -0.2) is 0 Å². The molecule has 0 rings (SSSR count). The second-order valence-corrected chi connectivity index (χ2v) is 1.35. The molecular weight excluding hydrogens is 281 g/mol. The fourth-order valence-electron chi connectivity index (χ4n) is 0. The summed E-state index contributed by atoms with van der Waals surface area (Å²) in [6.07, 6.45) is 0. The minimum Gasteiger partial charge on any atom is -0.871 e. The van der Waals surface area contributed by atoms with E-state index in [0.29, 0.717) is 0 Å². The van der Waals surface area contributed by atoms with Gasteiger partial charge in [0.05, 0.1) is 7.32 Å². The first-order valence-corrected chi connectivity index (χ1v) is 3.05. The maximum absolute atomic E-state index is 8.53. The Kier molecular flexibility index (Phi) is 63.8. The molecule has 0 aromatic rings. The summed E-state index contributed by atoms with van der Waals surface area (Å²) < 4.78 is 0. The van der Waals surface area contributed by atoms with Crippen LogP contribution in [0.25, 0.3) is 0 Å². The molecule has 0 saturated carbocycles. The molecule has 18 heteroatoms. The Morgan fingerprint density at radius 3 is 0.444 bits per heavy atom. The van der Waals surface area contributed by atoms with Crippen LogP contribution in [0.2, 0.25) is 0 Å². The number of rotatable bonds is 0.